The fourth-order valence-corrected chi connectivity index (χ4v) is 5.79. The number of fused-ring (bicyclic) bond motifs is 1. The fraction of sp³-hybridized carbons (Fsp3) is 0.292. The van der Waals surface area contributed by atoms with Crippen molar-refractivity contribution >= 4 is 21.8 Å². The molecule has 0 aliphatic carbocycles. The summed E-state index contributed by atoms with van der Waals surface area (Å²) >= 11 is 0. The molecular weight excluding hydrogens is 438 g/mol. The maximum Gasteiger partial charge on any atom is 0.285 e. The maximum atomic E-state index is 13.4. The Hall–Kier alpha value is -3.46. The standard InChI is InChI=1S/C24H25N5O3S/c1-28-15-13-25-23(28)21(17-8-3-2-4-9-17)26-24(30)18-10-7-14-29(16-18)22-19-11-5-6-12-20(19)33(31,32)27-22/h2-6,8-9,11-13,15,18,21H,7,10,14,16H2,1H3,(H,26,30)/t18-,21-/m1/s1. The molecule has 1 amide bonds. The Morgan fingerprint density at radius 1 is 1.12 bits per heavy atom. The number of aryl methyl sites for hydroxylation is 1. The number of nitrogens with zero attached hydrogens (tertiary/aromatic N) is 4. The van der Waals surface area contributed by atoms with Crippen molar-refractivity contribution in [3.05, 3.63) is 83.9 Å². The number of carbonyl (C=O) groups is 1. The Bertz CT molecular complexity index is 1320. The van der Waals surface area contributed by atoms with Gasteiger partial charge in [0.1, 0.15) is 16.8 Å². The molecule has 0 spiro atoms. The van der Waals surface area contributed by atoms with Gasteiger partial charge in [0.2, 0.25) is 5.91 Å². The summed E-state index contributed by atoms with van der Waals surface area (Å²) in [5.74, 6) is 0.823. The summed E-state index contributed by atoms with van der Waals surface area (Å²) in [5, 5.41) is 3.19. The largest absolute Gasteiger partial charge is 0.355 e. The highest BCUT2D eigenvalue weighted by Crippen LogP contribution is 2.30. The summed E-state index contributed by atoms with van der Waals surface area (Å²) in [6, 6.07) is 16.2. The molecule has 0 saturated carbocycles. The number of amides is 1. The summed E-state index contributed by atoms with van der Waals surface area (Å²) in [6.07, 6.45) is 5.08. The molecule has 3 aromatic rings. The van der Waals surface area contributed by atoms with E-state index in [9.17, 15) is 13.2 Å². The first-order valence-electron chi connectivity index (χ1n) is 11.0. The van der Waals surface area contributed by atoms with E-state index in [-0.39, 0.29) is 22.8 Å². The van der Waals surface area contributed by atoms with Gasteiger partial charge in [-0.3, -0.25) is 4.79 Å². The first-order chi connectivity index (χ1) is 15.9. The molecule has 0 radical (unpaired) electrons. The van der Waals surface area contributed by atoms with E-state index in [1.807, 2.05) is 53.0 Å². The van der Waals surface area contributed by atoms with Gasteiger partial charge in [-0.25, -0.2) is 4.98 Å². The molecular formula is C24H25N5O3S. The smallest absolute Gasteiger partial charge is 0.285 e. The van der Waals surface area contributed by atoms with Crippen molar-refractivity contribution in [2.24, 2.45) is 17.4 Å². The van der Waals surface area contributed by atoms with Gasteiger partial charge in [-0.15, -0.1) is 4.40 Å². The monoisotopic (exact) mass is 463 g/mol. The van der Waals surface area contributed by atoms with E-state index < -0.39 is 10.0 Å². The second-order valence-corrected chi connectivity index (χ2v) is 9.99. The van der Waals surface area contributed by atoms with E-state index in [0.717, 1.165) is 24.2 Å². The minimum absolute atomic E-state index is 0.0775. The van der Waals surface area contributed by atoms with Gasteiger partial charge in [0.25, 0.3) is 10.0 Å². The van der Waals surface area contributed by atoms with Crippen LogP contribution in [0.1, 0.15) is 35.8 Å². The number of carbonyl (C=O) groups excluding carboxylic acids is 1. The van der Waals surface area contributed by atoms with Gasteiger partial charge < -0.3 is 14.8 Å². The zero-order valence-corrected chi connectivity index (χ0v) is 19.1. The molecule has 0 bridgehead atoms. The molecule has 170 valence electrons. The molecule has 2 atom stereocenters. The quantitative estimate of drug-likeness (QED) is 0.641. The predicted molar refractivity (Wildman–Crippen MR) is 124 cm³/mol. The topological polar surface area (TPSA) is 96.7 Å². The molecule has 33 heavy (non-hydrogen) atoms. The number of hydrogen-bond donors (Lipinski definition) is 1. The number of imidazole rings is 1. The average Bonchev–Trinajstić information content (AvgIpc) is 3.38. The van der Waals surface area contributed by atoms with E-state index in [4.69, 9.17) is 0 Å². The van der Waals surface area contributed by atoms with Crippen LogP contribution in [0.3, 0.4) is 0 Å². The number of hydrogen-bond acceptors (Lipinski definition) is 5. The van der Waals surface area contributed by atoms with Crippen LogP contribution >= 0.6 is 0 Å². The van der Waals surface area contributed by atoms with Crippen molar-refractivity contribution < 1.29 is 13.2 Å². The maximum absolute atomic E-state index is 13.4. The minimum atomic E-state index is -3.70. The lowest BCUT2D eigenvalue weighted by Gasteiger charge is -2.34. The van der Waals surface area contributed by atoms with Crippen LogP contribution in [0.25, 0.3) is 0 Å². The van der Waals surface area contributed by atoms with Gasteiger partial charge in [-0.05, 0) is 30.5 Å². The second kappa shape index (κ2) is 8.47. The number of rotatable bonds is 4. The average molecular weight is 464 g/mol. The molecule has 9 heteroatoms. The number of benzene rings is 2. The van der Waals surface area contributed by atoms with E-state index in [2.05, 4.69) is 14.7 Å². The van der Waals surface area contributed by atoms with Crippen molar-refractivity contribution in [1.29, 1.82) is 0 Å². The second-order valence-electron chi connectivity index (χ2n) is 8.42. The van der Waals surface area contributed by atoms with E-state index in [1.54, 1.807) is 30.5 Å². The van der Waals surface area contributed by atoms with Crippen LogP contribution in [0.15, 0.2) is 76.3 Å². The number of nitrogens with one attached hydrogen (secondary N) is 1. The highest BCUT2D eigenvalue weighted by Gasteiger charge is 2.36. The number of likely N-dealkylation sites (tertiary alicyclic amines) is 1. The molecule has 2 aliphatic heterocycles. The lowest BCUT2D eigenvalue weighted by molar-refractivity contribution is -0.126. The van der Waals surface area contributed by atoms with Crippen LogP contribution in [-0.2, 0) is 21.9 Å². The summed E-state index contributed by atoms with van der Waals surface area (Å²) in [6.45, 7) is 1.07. The zero-order chi connectivity index (χ0) is 23.0. The highest BCUT2D eigenvalue weighted by atomic mass is 32.2. The lowest BCUT2D eigenvalue weighted by Crippen LogP contribution is -2.46. The van der Waals surface area contributed by atoms with Crippen LogP contribution < -0.4 is 5.32 Å². The summed E-state index contributed by atoms with van der Waals surface area (Å²) in [4.78, 5) is 20.0. The molecule has 2 aromatic carbocycles. The van der Waals surface area contributed by atoms with E-state index in [1.165, 1.54) is 0 Å². The minimum Gasteiger partial charge on any atom is -0.355 e. The number of piperidine rings is 1. The summed E-state index contributed by atoms with van der Waals surface area (Å²) < 4.78 is 30.9. The van der Waals surface area contributed by atoms with Gasteiger partial charge in [-0.1, -0.05) is 42.5 Å². The molecule has 0 unspecified atom stereocenters. The number of amidine groups is 1. The van der Waals surface area contributed by atoms with Crippen molar-refractivity contribution in [3.63, 3.8) is 0 Å². The Kier molecular flexibility index (Phi) is 5.49. The van der Waals surface area contributed by atoms with Crippen molar-refractivity contribution in [3.8, 4) is 0 Å². The normalized spacial score (nSPS) is 20.1. The lowest BCUT2D eigenvalue weighted by atomic mass is 9.95. The Morgan fingerprint density at radius 2 is 1.88 bits per heavy atom. The third-order valence-corrected chi connectivity index (χ3v) is 7.57. The SMILES string of the molecule is Cn1ccnc1[C@H](NC(=O)[C@@H]1CCCN(C2=NS(=O)(=O)c3ccccc32)C1)c1ccccc1. The number of aromatic nitrogens is 2. The van der Waals surface area contributed by atoms with E-state index >= 15 is 0 Å². The predicted octanol–water partition coefficient (Wildman–Crippen LogP) is 2.49. The van der Waals surface area contributed by atoms with Crippen LogP contribution in [-0.4, -0.2) is 47.7 Å². The Balaban J connectivity index is 1.38. The van der Waals surface area contributed by atoms with Gasteiger partial charge in [-0.2, -0.15) is 8.42 Å². The first-order valence-corrected chi connectivity index (χ1v) is 12.4. The summed E-state index contributed by atoms with van der Waals surface area (Å²) in [7, 11) is -1.79. The van der Waals surface area contributed by atoms with Crippen molar-refractivity contribution in [1.82, 2.24) is 19.8 Å². The highest BCUT2D eigenvalue weighted by molar-refractivity contribution is 7.90. The molecule has 5 rings (SSSR count). The van der Waals surface area contributed by atoms with Gasteiger partial charge >= 0.3 is 0 Å². The van der Waals surface area contributed by atoms with Crippen molar-refractivity contribution in [2.75, 3.05) is 13.1 Å². The molecule has 1 N–H and O–H groups in total. The Labute approximate surface area is 193 Å². The molecule has 1 aromatic heterocycles. The molecule has 2 aliphatic rings. The number of sulfonamides is 1. The van der Waals surface area contributed by atoms with Crippen LogP contribution in [0.4, 0.5) is 0 Å². The van der Waals surface area contributed by atoms with Gasteiger partial charge in [0.05, 0.1) is 5.92 Å². The molecule has 3 heterocycles. The summed E-state index contributed by atoms with van der Waals surface area (Å²) in [5.41, 5.74) is 1.56. The van der Waals surface area contributed by atoms with Crippen LogP contribution in [0.5, 0.6) is 0 Å². The molecule has 1 saturated heterocycles. The van der Waals surface area contributed by atoms with Crippen LogP contribution in [0, 0.1) is 5.92 Å². The molecule has 8 nitrogen and oxygen atoms in total. The first kappa shape index (κ1) is 21.4. The van der Waals surface area contributed by atoms with Gasteiger partial charge in [0, 0.05) is 38.1 Å². The van der Waals surface area contributed by atoms with Gasteiger partial charge in [0.15, 0.2) is 5.84 Å². The van der Waals surface area contributed by atoms with Crippen LogP contribution in [0.2, 0.25) is 0 Å². The van der Waals surface area contributed by atoms with Crippen molar-refractivity contribution in [2.45, 2.75) is 23.8 Å². The van der Waals surface area contributed by atoms with E-state index in [0.29, 0.717) is 24.5 Å². The fourth-order valence-electron chi connectivity index (χ4n) is 4.56. The Morgan fingerprint density at radius 3 is 2.64 bits per heavy atom. The molecule has 1 fully saturated rings. The third-order valence-electron chi connectivity index (χ3n) is 6.24. The zero-order valence-electron chi connectivity index (χ0n) is 18.3. The third kappa shape index (κ3) is 4.04.